The predicted molar refractivity (Wildman–Crippen MR) is 79.9 cm³/mol. The highest BCUT2D eigenvalue weighted by Crippen LogP contribution is 2.57. The highest BCUT2D eigenvalue weighted by atomic mass is 79.9. The number of carbonyl (C=O) groups is 2. The number of ketones is 2. The predicted octanol–water partition coefficient (Wildman–Crippen LogP) is 3.84. The minimum Gasteiger partial charge on any atom is -0.508 e. The van der Waals surface area contributed by atoms with E-state index in [2.05, 4.69) is 15.9 Å². The van der Waals surface area contributed by atoms with E-state index >= 15 is 0 Å². The van der Waals surface area contributed by atoms with E-state index in [9.17, 15) is 14.7 Å². The van der Waals surface area contributed by atoms with Crippen LogP contribution >= 0.6 is 15.9 Å². The van der Waals surface area contributed by atoms with Crippen molar-refractivity contribution < 1.29 is 14.7 Å². The van der Waals surface area contributed by atoms with Gasteiger partial charge in [0.15, 0.2) is 11.6 Å². The van der Waals surface area contributed by atoms with E-state index in [4.69, 9.17) is 0 Å². The molecule has 0 aliphatic heterocycles. The first-order valence-electron chi connectivity index (χ1n) is 6.83. The number of allylic oxidation sites excluding steroid dienone is 2. The second kappa shape index (κ2) is 4.55. The van der Waals surface area contributed by atoms with E-state index in [0.717, 1.165) is 24.0 Å². The second-order valence-electron chi connectivity index (χ2n) is 5.50. The van der Waals surface area contributed by atoms with E-state index < -0.39 is 5.41 Å². The lowest BCUT2D eigenvalue weighted by molar-refractivity contribution is -0.115. The quantitative estimate of drug-likeness (QED) is 0.893. The summed E-state index contributed by atoms with van der Waals surface area (Å²) in [5, 5.41) is 9.63. The van der Waals surface area contributed by atoms with Crippen LogP contribution in [0.2, 0.25) is 0 Å². The molecule has 104 valence electrons. The normalized spacial score (nSPS) is 24.9. The molecular weight excluding hydrogens is 320 g/mol. The van der Waals surface area contributed by atoms with E-state index in [1.807, 2.05) is 6.92 Å². The summed E-state index contributed by atoms with van der Waals surface area (Å²) in [5.74, 6) is 0.190. The van der Waals surface area contributed by atoms with Crippen LogP contribution in [0.5, 0.6) is 5.75 Å². The molecule has 0 fully saturated rings. The highest BCUT2D eigenvalue weighted by molar-refractivity contribution is 9.12. The number of hydrogen-bond donors (Lipinski definition) is 1. The summed E-state index contributed by atoms with van der Waals surface area (Å²) in [6.45, 7) is 2.05. The van der Waals surface area contributed by atoms with Crippen molar-refractivity contribution in [2.45, 2.75) is 32.6 Å². The van der Waals surface area contributed by atoms with Crippen LogP contribution in [0.15, 0.2) is 22.7 Å². The SMILES string of the molecule is CCCC12CCC(=O)C(Br)=C1c1ccc(O)cc1C2=O. The molecule has 0 saturated heterocycles. The molecule has 3 nitrogen and oxygen atoms in total. The van der Waals surface area contributed by atoms with Crippen LogP contribution in [0.1, 0.15) is 48.5 Å². The molecule has 0 saturated carbocycles. The lowest BCUT2D eigenvalue weighted by Crippen LogP contribution is -2.32. The molecule has 0 amide bonds. The van der Waals surface area contributed by atoms with Gasteiger partial charge >= 0.3 is 0 Å². The Labute approximate surface area is 125 Å². The van der Waals surface area contributed by atoms with Crippen LogP contribution in [-0.2, 0) is 4.79 Å². The van der Waals surface area contributed by atoms with Gasteiger partial charge in [0.1, 0.15) is 5.75 Å². The third-order valence-corrected chi connectivity index (χ3v) is 5.19. The van der Waals surface area contributed by atoms with Crippen LogP contribution in [-0.4, -0.2) is 16.7 Å². The lowest BCUT2D eigenvalue weighted by Gasteiger charge is -2.33. The van der Waals surface area contributed by atoms with Gasteiger partial charge in [-0.1, -0.05) is 19.4 Å². The average molecular weight is 335 g/mol. The van der Waals surface area contributed by atoms with Crippen LogP contribution in [0.25, 0.3) is 5.57 Å². The van der Waals surface area contributed by atoms with Crippen LogP contribution in [0.4, 0.5) is 0 Å². The number of rotatable bonds is 2. The zero-order valence-electron chi connectivity index (χ0n) is 11.2. The molecule has 20 heavy (non-hydrogen) atoms. The first kappa shape index (κ1) is 13.6. The molecule has 2 aliphatic rings. The van der Waals surface area contributed by atoms with E-state index in [1.165, 1.54) is 6.07 Å². The van der Waals surface area contributed by atoms with Crippen molar-refractivity contribution in [3.63, 3.8) is 0 Å². The van der Waals surface area contributed by atoms with Gasteiger partial charge < -0.3 is 5.11 Å². The van der Waals surface area contributed by atoms with Crippen molar-refractivity contribution >= 4 is 33.1 Å². The number of fused-ring (bicyclic) bond motifs is 3. The van der Waals surface area contributed by atoms with Gasteiger partial charge in [-0.05, 0) is 52.0 Å². The Hall–Kier alpha value is -1.42. The summed E-state index contributed by atoms with van der Waals surface area (Å²) in [6.07, 6.45) is 2.58. The van der Waals surface area contributed by atoms with Crippen LogP contribution in [0.3, 0.4) is 0 Å². The Kier molecular flexibility index (Phi) is 3.09. The fourth-order valence-electron chi connectivity index (χ4n) is 3.50. The van der Waals surface area contributed by atoms with Crippen molar-refractivity contribution in [3.8, 4) is 5.75 Å². The number of hydrogen-bond acceptors (Lipinski definition) is 3. The van der Waals surface area contributed by atoms with Gasteiger partial charge in [-0.2, -0.15) is 0 Å². The van der Waals surface area contributed by atoms with E-state index in [1.54, 1.807) is 12.1 Å². The van der Waals surface area contributed by atoms with Gasteiger partial charge in [-0.3, -0.25) is 9.59 Å². The Morgan fingerprint density at radius 1 is 1.30 bits per heavy atom. The molecule has 1 atom stereocenters. The average Bonchev–Trinajstić information content (AvgIpc) is 2.66. The van der Waals surface area contributed by atoms with E-state index in [-0.39, 0.29) is 17.3 Å². The van der Waals surface area contributed by atoms with Gasteiger partial charge in [0.05, 0.1) is 9.90 Å². The molecule has 1 aromatic carbocycles. The fourth-order valence-corrected chi connectivity index (χ4v) is 4.29. The minimum absolute atomic E-state index is 0.0460. The summed E-state index contributed by atoms with van der Waals surface area (Å²) in [4.78, 5) is 24.9. The fraction of sp³-hybridized carbons (Fsp3) is 0.375. The molecule has 0 bridgehead atoms. The molecule has 1 N–H and O–H groups in total. The molecule has 0 heterocycles. The summed E-state index contributed by atoms with van der Waals surface area (Å²) in [7, 11) is 0. The van der Waals surface area contributed by atoms with Gasteiger partial charge in [-0.25, -0.2) is 0 Å². The Bertz CT molecular complexity index is 660. The molecule has 2 aliphatic carbocycles. The smallest absolute Gasteiger partial charge is 0.174 e. The summed E-state index contributed by atoms with van der Waals surface area (Å²) >= 11 is 3.40. The number of halogens is 1. The number of Topliss-reactive ketones (excluding diaryl/α,β-unsaturated/α-hetero) is 2. The van der Waals surface area contributed by atoms with Crippen LogP contribution < -0.4 is 0 Å². The van der Waals surface area contributed by atoms with Crippen molar-refractivity contribution in [2.24, 2.45) is 5.41 Å². The zero-order chi connectivity index (χ0) is 14.5. The Balaban J connectivity index is 2.32. The molecule has 1 unspecified atom stereocenters. The molecule has 1 aromatic rings. The van der Waals surface area contributed by atoms with Crippen molar-refractivity contribution in [2.75, 3.05) is 0 Å². The monoisotopic (exact) mass is 334 g/mol. The molecule has 0 spiro atoms. The van der Waals surface area contributed by atoms with Crippen molar-refractivity contribution in [1.29, 1.82) is 0 Å². The largest absolute Gasteiger partial charge is 0.508 e. The molecule has 4 heteroatoms. The topological polar surface area (TPSA) is 54.4 Å². The van der Waals surface area contributed by atoms with Gasteiger partial charge in [-0.15, -0.1) is 0 Å². The van der Waals surface area contributed by atoms with Gasteiger partial charge in [0, 0.05) is 12.0 Å². The molecule has 3 rings (SSSR count). The summed E-state index contributed by atoms with van der Waals surface area (Å²) in [6, 6.07) is 4.83. The van der Waals surface area contributed by atoms with Crippen LogP contribution in [0, 0.1) is 5.41 Å². The minimum atomic E-state index is -0.586. The lowest BCUT2D eigenvalue weighted by atomic mass is 9.69. The third-order valence-electron chi connectivity index (χ3n) is 4.35. The maximum atomic E-state index is 12.9. The third kappa shape index (κ3) is 1.64. The zero-order valence-corrected chi connectivity index (χ0v) is 12.8. The van der Waals surface area contributed by atoms with Crippen molar-refractivity contribution in [1.82, 2.24) is 0 Å². The maximum Gasteiger partial charge on any atom is 0.174 e. The first-order chi connectivity index (χ1) is 9.51. The number of carbonyl (C=O) groups excluding carboxylic acids is 2. The summed E-state index contributed by atoms with van der Waals surface area (Å²) in [5.41, 5.74) is 1.58. The first-order valence-corrected chi connectivity index (χ1v) is 7.62. The number of phenolic OH excluding ortho intramolecular Hbond substituents is 1. The number of aromatic hydroxyl groups is 1. The highest BCUT2D eigenvalue weighted by Gasteiger charge is 2.52. The summed E-state index contributed by atoms with van der Waals surface area (Å²) < 4.78 is 0.537. The number of phenols is 1. The Morgan fingerprint density at radius 2 is 2.05 bits per heavy atom. The second-order valence-corrected chi connectivity index (χ2v) is 6.30. The molecule has 0 aromatic heterocycles. The maximum absolute atomic E-state index is 12.9. The standard InChI is InChI=1S/C16H15BrO3/c1-2-6-16-7-5-12(19)14(17)13(16)10-4-3-9(18)8-11(10)15(16)20/h3-4,8,18H,2,5-7H2,1H3. The Morgan fingerprint density at radius 3 is 2.75 bits per heavy atom. The van der Waals surface area contributed by atoms with Gasteiger partial charge in [0.25, 0.3) is 0 Å². The van der Waals surface area contributed by atoms with Crippen molar-refractivity contribution in [3.05, 3.63) is 33.8 Å². The van der Waals surface area contributed by atoms with Gasteiger partial charge in [0.2, 0.25) is 0 Å². The molecule has 0 radical (unpaired) electrons. The number of benzene rings is 1. The molecular formula is C16H15BrO3. The van der Waals surface area contributed by atoms with E-state index in [0.29, 0.717) is 22.9 Å².